The molecule has 0 aliphatic rings. The SMILES string of the molecule is CCCCN(C)C(=O)c1cnc(NCc2ccncc2)nc1. The van der Waals surface area contributed by atoms with Crippen molar-refractivity contribution in [3.05, 3.63) is 48.0 Å². The van der Waals surface area contributed by atoms with E-state index in [0.29, 0.717) is 18.1 Å². The van der Waals surface area contributed by atoms with Gasteiger partial charge in [-0.15, -0.1) is 0 Å². The van der Waals surface area contributed by atoms with E-state index < -0.39 is 0 Å². The van der Waals surface area contributed by atoms with Crippen molar-refractivity contribution in [3.63, 3.8) is 0 Å². The van der Waals surface area contributed by atoms with E-state index in [1.807, 2.05) is 12.1 Å². The number of unbranched alkanes of at least 4 members (excludes halogenated alkanes) is 1. The quantitative estimate of drug-likeness (QED) is 0.849. The smallest absolute Gasteiger partial charge is 0.256 e. The van der Waals surface area contributed by atoms with E-state index in [4.69, 9.17) is 0 Å². The molecule has 2 aromatic rings. The lowest BCUT2D eigenvalue weighted by Gasteiger charge is -2.16. The Morgan fingerprint density at radius 2 is 1.91 bits per heavy atom. The number of anilines is 1. The van der Waals surface area contributed by atoms with Gasteiger partial charge in [0.05, 0.1) is 5.56 Å². The van der Waals surface area contributed by atoms with Gasteiger partial charge in [0.25, 0.3) is 5.91 Å². The minimum Gasteiger partial charge on any atom is -0.350 e. The van der Waals surface area contributed by atoms with Crippen LogP contribution in [-0.4, -0.2) is 39.4 Å². The molecule has 2 heterocycles. The van der Waals surface area contributed by atoms with Crippen molar-refractivity contribution in [1.82, 2.24) is 19.9 Å². The summed E-state index contributed by atoms with van der Waals surface area (Å²) in [5, 5.41) is 3.12. The largest absolute Gasteiger partial charge is 0.350 e. The fourth-order valence-corrected chi connectivity index (χ4v) is 1.93. The van der Waals surface area contributed by atoms with Crippen molar-refractivity contribution in [2.45, 2.75) is 26.3 Å². The zero-order valence-corrected chi connectivity index (χ0v) is 13.0. The van der Waals surface area contributed by atoms with Crippen LogP contribution in [0.5, 0.6) is 0 Å². The van der Waals surface area contributed by atoms with Crippen molar-refractivity contribution >= 4 is 11.9 Å². The molecule has 1 N–H and O–H groups in total. The number of aromatic nitrogens is 3. The summed E-state index contributed by atoms with van der Waals surface area (Å²) in [6.45, 7) is 3.47. The maximum atomic E-state index is 12.2. The first-order valence-electron chi connectivity index (χ1n) is 7.41. The molecule has 0 saturated heterocycles. The molecule has 0 atom stereocenters. The molecule has 0 aliphatic carbocycles. The van der Waals surface area contributed by atoms with E-state index in [-0.39, 0.29) is 5.91 Å². The Kier molecular flexibility index (Phi) is 5.82. The Morgan fingerprint density at radius 3 is 2.55 bits per heavy atom. The van der Waals surface area contributed by atoms with E-state index in [9.17, 15) is 4.79 Å². The molecule has 0 spiro atoms. The Balaban J connectivity index is 1.91. The predicted octanol–water partition coefficient (Wildman–Crippen LogP) is 2.36. The summed E-state index contributed by atoms with van der Waals surface area (Å²) in [5.74, 6) is 0.457. The summed E-state index contributed by atoms with van der Waals surface area (Å²) < 4.78 is 0. The highest BCUT2D eigenvalue weighted by Crippen LogP contribution is 2.06. The van der Waals surface area contributed by atoms with Gasteiger partial charge in [-0.2, -0.15) is 0 Å². The molecule has 116 valence electrons. The highest BCUT2D eigenvalue weighted by atomic mass is 16.2. The monoisotopic (exact) mass is 299 g/mol. The molecule has 0 bridgehead atoms. The second-order valence-electron chi connectivity index (χ2n) is 5.08. The third kappa shape index (κ3) is 4.51. The minimum atomic E-state index is -0.0471. The number of nitrogens with zero attached hydrogens (tertiary/aromatic N) is 4. The molecule has 0 radical (unpaired) electrons. The van der Waals surface area contributed by atoms with Crippen LogP contribution in [0.25, 0.3) is 0 Å². The van der Waals surface area contributed by atoms with Gasteiger partial charge in [0, 0.05) is 44.9 Å². The molecule has 2 aromatic heterocycles. The lowest BCUT2D eigenvalue weighted by Crippen LogP contribution is -2.28. The molecule has 2 rings (SSSR count). The number of pyridine rings is 1. The van der Waals surface area contributed by atoms with Crippen molar-refractivity contribution in [3.8, 4) is 0 Å². The topological polar surface area (TPSA) is 71.0 Å². The number of rotatable bonds is 7. The van der Waals surface area contributed by atoms with Crippen LogP contribution in [0.1, 0.15) is 35.7 Å². The normalized spacial score (nSPS) is 10.3. The van der Waals surface area contributed by atoms with Crippen LogP contribution in [0.15, 0.2) is 36.9 Å². The van der Waals surface area contributed by atoms with E-state index in [0.717, 1.165) is 24.9 Å². The number of nitrogens with one attached hydrogen (secondary N) is 1. The van der Waals surface area contributed by atoms with Gasteiger partial charge < -0.3 is 10.2 Å². The van der Waals surface area contributed by atoms with E-state index in [1.54, 1.807) is 36.7 Å². The summed E-state index contributed by atoms with van der Waals surface area (Å²) in [6.07, 6.45) is 8.66. The zero-order valence-electron chi connectivity index (χ0n) is 13.0. The van der Waals surface area contributed by atoms with E-state index in [2.05, 4.69) is 27.2 Å². The van der Waals surface area contributed by atoms with Crippen LogP contribution in [0.3, 0.4) is 0 Å². The maximum absolute atomic E-state index is 12.2. The Labute approximate surface area is 130 Å². The van der Waals surface area contributed by atoms with Gasteiger partial charge in [-0.05, 0) is 24.1 Å². The Hall–Kier alpha value is -2.50. The summed E-state index contributed by atoms with van der Waals surface area (Å²) in [6, 6.07) is 3.85. The lowest BCUT2D eigenvalue weighted by molar-refractivity contribution is 0.0792. The third-order valence-corrected chi connectivity index (χ3v) is 3.29. The Morgan fingerprint density at radius 1 is 1.23 bits per heavy atom. The van der Waals surface area contributed by atoms with Crippen LogP contribution in [0.4, 0.5) is 5.95 Å². The van der Waals surface area contributed by atoms with Crippen molar-refractivity contribution in [2.75, 3.05) is 18.9 Å². The zero-order chi connectivity index (χ0) is 15.8. The van der Waals surface area contributed by atoms with Crippen LogP contribution >= 0.6 is 0 Å². The average Bonchev–Trinajstić information content (AvgIpc) is 2.58. The summed E-state index contributed by atoms with van der Waals surface area (Å²) >= 11 is 0. The Bertz CT molecular complexity index is 585. The first-order chi connectivity index (χ1) is 10.7. The standard InChI is InChI=1S/C16H21N5O/c1-3-4-9-21(2)15(22)14-11-19-16(20-12-14)18-10-13-5-7-17-8-6-13/h5-8,11-12H,3-4,9-10H2,1-2H3,(H,18,19,20). The molecular weight excluding hydrogens is 278 g/mol. The molecule has 0 unspecified atom stereocenters. The molecule has 22 heavy (non-hydrogen) atoms. The highest BCUT2D eigenvalue weighted by molar-refractivity contribution is 5.93. The molecule has 0 aliphatic heterocycles. The molecule has 1 amide bonds. The summed E-state index contributed by atoms with van der Waals surface area (Å²) in [7, 11) is 1.80. The van der Waals surface area contributed by atoms with Gasteiger partial charge in [-0.1, -0.05) is 13.3 Å². The fraction of sp³-hybridized carbons (Fsp3) is 0.375. The molecule has 6 nitrogen and oxygen atoms in total. The van der Waals surface area contributed by atoms with Crippen LogP contribution in [0.2, 0.25) is 0 Å². The van der Waals surface area contributed by atoms with Crippen molar-refractivity contribution < 1.29 is 4.79 Å². The molecule has 0 saturated carbocycles. The predicted molar refractivity (Wildman–Crippen MR) is 85.5 cm³/mol. The first-order valence-corrected chi connectivity index (χ1v) is 7.41. The number of carbonyl (C=O) groups excluding carboxylic acids is 1. The first kappa shape index (κ1) is 15.9. The molecule has 0 aromatic carbocycles. The number of carbonyl (C=O) groups is 1. The number of hydrogen-bond donors (Lipinski definition) is 1. The summed E-state index contributed by atoms with van der Waals surface area (Å²) in [5.41, 5.74) is 1.60. The third-order valence-electron chi connectivity index (χ3n) is 3.29. The van der Waals surface area contributed by atoms with Crippen molar-refractivity contribution in [1.29, 1.82) is 0 Å². The second-order valence-corrected chi connectivity index (χ2v) is 5.08. The van der Waals surface area contributed by atoms with Gasteiger partial charge in [-0.25, -0.2) is 9.97 Å². The van der Waals surface area contributed by atoms with Crippen molar-refractivity contribution in [2.24, 2.45) is 0 Å². The number of hydrogen-bond acceptors (Lipinski definition) is 5. The minimum absolute atomic E-state index is 0.0471. The average molecular weight is 299 g/mol. The van der Waals surface area contributed by atoms with Crippen LogP contribution < -0.4 is 5.32 Å². The van der Waals surface area contributed by atoms with Gasteiger partial charge in [-0.3, -0.25) is 9.78 Å². The fourth-order valence-electron chi connectivity index (χ4n) is 1.93. The second kappa shape index (κ2) is 8.07. The van der Waals surface area contributed by atoms with Gasteiger partial charge in [0.15, 0.2) is 0 Å². The van der Waals surface area contributed by atoms with Gasteiger partial charge in [0.2, 0.25) is 5.95 Å². The highest BCUT2D eigenvalue weighted by Gasteiger charge is 2.12. The van der Waals surface area contributed by atoms with Gasteiger partial charge in [0.1, 0.15) is 0 Å². The molecule has 6 heteroatoms. The molecule has 0 fully saturated rings. The van der Waals surface area contributed by atoms with Gasteiger partial charge >= 0.3 is 0 Å². The molecular formula is C16H21N5O. The van der Waals surface area contributed by atoms with E-state index in [1.165, 1.54) is 0 Å². The lowest BCUT2D eigenvalue weighted by atomic mass is 10.2. The maximum Gasteiger partial charge on any atom is 0.256 e. The van der Waals surface area contributed by atoms with E-state index >= 15 is 0 Å². The van der Waals surface area contributed by atoms with Crippen LogP contribution in [-0.2, 0) is 6.54 Å². The van der Waals surface area contributed by atoms with Crippen LogP contribution in [0, 0.1) is 0 Å². The number of amides is 1. The summed E-state index contributed by atoms with van der Waals surface area (Å²) in [4.78, 5) is 26.2.